The van der Waals surface area contributed by atoms with Crippen molar-refractivity contribution in [2.24, 2.45) is 0 Å². The molecular weight excluding hydrogens is 246 g/mol. The minimum absolute atomic E-state index is 0.302. The summed E-state index contributed by atoms with van der Waals surface area (Å²) in [6.45, 7) is 4.43. The Hall–Kier alpha value is -1.75. The van der Waals surface area contributed by atoms with Gasteiger partial charge in [0, 0.05) is 6.42 Å². The maximum Gasteiger partial charge on any atom is 0.323 e. The zero-order valence-electron chi connectivity index (χ0n) is 11.6. The van der Waals surface area contributed by atoms with Gasteiger partial charge in [-0.1, -0.05) is 19.1 Å². The zero-order chi connectivity index (χ0) is 14.3. The monoisotopic (exact) mass is 267 g/mol. The van der Waals surface area contributed by atoms with Crippen LogP contribution in [0, 0.1) is 0 Å². The lowest BCUT2D eigenvalue weighted by Gasteiger charge is -2.25. The number of rotatable bonds is 8. The Morgan fingerprint density at radius 3 is 2.53 bits per heavy atom. The van der Waals surface area contributed by atoms with Crippen LogP contribution in [0.25, 0.3) is 0 Å². The molecule has 5 heteroatoms. The van der Waals surface area contributed by atoms with Gasteiger partial charge in [0.15, 0.2) is 11.5 Å². The van der Waals surface area contributed by atoms with Crippen molar-refractivity contribution in [1.29, 1.82) is 0 Å². The number of hydrogen-bond acceptors (Lipinski definition) is 4. The summed E-state index contributed by atoms with van der Waals surface area (Å²) in [5.74, 6) is 0.384. The van der Waals surface area contributed by atoms with Crippen molar-refractivity contribution >= 4 is 5.97 Å². The highest BCUT2D eigenvalue weighted by molar-refractivity contribution is 5.78. The SMILES string of the molecule is CCNC(C)(CCOc1ccccc1OC)C(=O)O. The molecule has 5 nitrogen and oxygen atoms in total. The molecule has 0 saturated carbocycles. The van der Waals surface area contributed by atoms with E-state index in [2.05, 4.69) is 5.32 Å². The second-order valence-electron chi connectivity index (χ2n) is 4.42. The van der Waals surface area contributed by atoms with Crippen molar-refractivity contribution in [2.75, 3.05) is 20.3 Å². The van der Waals surface area contributed by atoms with Crippen LogP contribution in [0.5, 0.6) is 11.5 Å². The molecule has 0 bridgehead atoms. The molecule has 1 atom stereocenters. The van der Waals surface area contributed by atoms with Gasteiger partial charge in [-0.15, -0.1) is 0 Å². The van der Waals surface area contributed by atoms with Gasteiger partial charge in [-0.3, -0.25) is 4.79 Å². The maximum atomic E-state index is 11.2. The zero-order valence-corrected chi connectivity index (χ0v) is 11.6. The molecule has 19 heavy (non-hydrogen) atoms. The topological polar surface area (TPSA) is 67.8 Å². The number of ether oxygens (including phenoxy) is 2. The molecule has 0 saturated heterocycles. The molecule has 1 rings (SSSR count). The summed E-state index contributed by atoms with van der Waals surface area (Å²) in [6, 6.07) is 7.30. The lowest BCUT2D eigenvalue weighted by atomic mass is 9.98. The minimum atomic E-state index is -0.975. The third kappa shape index (κ3) is 4.13. The number of hydrogen-bond donors (Lipinski definition) is 2. The van der Waals surface area contributed by atoms with Crippen LogP contribution in [-0.4, -0.2) is 36.9 Å². The number of carbonyl (C=O) groups is 1. The minimum Gasteiger partial charge on any atom is -0.493 e. The molecular formula is C14H21NO4. The van der Waals surface area contributed by atoms with Crippen molar-refractivity contribution in [3.63, 3.8) is 0 Å². The standard InChI is InChI=1S/C14H21NO4/c1-4-15-14(2,13(16)17)9-10-19-12-8-6-5-7-11(12)18-3/h5-8,15H,4,9-10H2,1-3H3,(H,16,17). The first kappa shape index (κ1) is 15.3. The van der Waals surface area contributed by atoms with Crippen LogP contribution in [0.15, 0.2) is 24.3 Å². The predicted molar refractivity (Wildman–Crippen MR) is 72.8 cm³/mol. The van der Waals surface area contributed by atoms with Gasteiger partial charge in [-0.2, -0.15) is 0 Å². The number of carboxylic acids is 1. The average Bonchev–Trinajstić information content (AvgIpc) is 2.39. The quantitative estimate of drug-likeness (QED) is 0.753. The molecule has 0 heterocycles. The summed E-state index contributed by atoms with van der Waals surface area (Å²) >= 11 is 0. The fourth-order valence-corrected chi connectivity index (χ4v) is 1.76. The number of likely N-dealkylation sites (N-methyl/N-ethyl adjacent to an activating group) is 1. The number of benzene rings is 1. The Labute approximate surface area is 113 Å². The largest absolute Gasteiger partial charge is 0.493 e. The highest BCUT2D eigenvalue weighted by atomic mass is 16.5. The Bertz CT molecular complexity index is 422. The third-order valence-corrected chi connectivity index (χ3v) is 2.97. The van der Waals surface area contributed by atoms with E-state index in [1.165, 1.54) is 0 Å². The molecule has 1 aromatic carbocycles. The first-order valence-electron chi connectivity index (χ1n) is 6.27. The fourth-order valence-electron chi connectivity index (χ4n) is 1.76. The van der Waals surface area contributed by atoms with E-state index in [1.54, 1.807) is 26.2 Å². The van der Waals surface area contributed by atoms with Crippen molar-refractivity contribution < 1.29 is 19.4 Å². The molecule has 2 N–H and O–H groups in total. The van der Waals surface area contributed by atoms with Gasteiger partial charge in [-0.05, 0) is 25.6 Å². The maximum absolute atomic E-state index is 11.2. The molecule has 0 aliphatic carbocycles. The van der Waals surface area contributed by atoms with E-state index in [0.717, 1.165) is 0 Å². The molecule has 0 spiro atoms. The van der Waals surface area contributed by atoms with E-state index in [1.807, 2.05) is 19.1 Å². The fraction of sp³-hybridized carbons (Fsp3) is 0.500. The molecule has 0 radical (unpaired) electrons. The van der Waals surface area contributed by atoms with Gasteiger partial charge in [-0.25, -0.2) is 0 Å². The van der Waals surface area contributed by atoms with Crippen molar-refractivity contribution in [3.05, 3.63) is 24.3 Å². The summed E-state index contributed by atoms with van der Waals surface area (Å²) < 4.78 is 10.8. The molecule has 1 unspecified atom stereocenters. The number of carboxylic acid groups (broad SMARTS) is 1. The summed E-state index contributed by atoms with van der Waals surface area (Å²) in [6.07, 6.45) is 0.369. The molecule has 0 amide bonds. The second kappa shape index (κ2) is 6.99. The van der Waals surface area contributed by atoms with Crippen LogP contribution < -0.4 is 14.8 Å². The Kier molecular flexibility index (Phi) is 5.63. The molecule has 0 aromatic heterocycles. The van der Waals surface area contributed by atoms with E-state index in [-0.39, 0.29) is 0 Å². The molecule has 0 aliphatic rings. The van der Waals surface area contributed by atoms with Crippen LogP contribution >= 0.6 is 0 Å². The smallest absolute Gasteiger partial charge is 0.323 e. The number of para-hydroxylation sites is 2. The summed E-state index contributed by atoms with van der Waals surface area (Å²) in [7, 11) is 1.57. The van der Waals surface area contributed by atoms with Crippen LogP contribution in [0.4, 0.5) is 0 Å². The van der Waals surface area contributed by atoms with E-state index < -0.39 is 11.5 Å². The van der Waals surface area contributed by atoms with E-state index in [9.17, 15) is 9.90 Å². The predicted octanol–water partition coefficient (Wildman–Crippen LogP) is 1.92. The van der Waals surface area contributed by atoms with E-state index in [4.69, 9.17) is 9.47 Å². The summed E-state index contributed by atoms with van der Waals surface area (Å²) in [5.41, 5.74) is -0.975. The lowest BCUT2D eigenvalue weighted by molar-refractivity contribution is -0.144. The first-order chi connectivity index (χ1) is 9.03. The Morgan fingerprint density at radius 2 is 2.00 bits per heavy atom. The highest BCUT2D eigenvalue weighted by Crippen LogP contribution is 2.26. The van der Waals surface area contributed by atoms with Crippen LogP contribution in [0.2, 0.25) is 0 Å². The van der Waals surface area contributed by atoms with E-state index >= 15 is 0 Å². The highest BCUT2D eigenvalue weighted by Gasteiger charge is 2.31. The van der Waals surface area contributed by atoms with Crippen LogP contribution in [0.1, 0.15) is 20.3 Å². The van der Waals surface area contributed by atoms with Crippen LogP contribution in [0.3, 0.4) is 0 Å². The normalized spacial score (nSPS) is 13.6. The van der Waals surface area contributed by atoms with Crippen LogP contribution in [-0.2, 0) is 4.79 Å². The van der Waals surface area contributed by atoms with Crippen molar-refractivity contribution in [2.45, 2.75) is 25.8 Å². The summed E-state index contributed by atoms with van der Waals surface area (Å²) in [4.78, 5) is 11.2. The Morgan fingerprint density at radius 1 is 1.37 bits per heavy atom. The number of nitrogens with one attached hydrogen (secondary N) is 1. The average molecular weight is 267 g/mol. The van der Waals surface area contributed by atoms with Gasteiger partial charge in [0.2, 0.25) is 0 Å². The van der Waals surface area contributed by atoms with E-state index in [0.29, 0.717) is 31.1 Å². The van der Waals surface area contributed by atoms with Crippen molar-refractivity contribution in [3.8, 4) is 11.5 Å². The molecule has 0 fully saturated rings. The molecule has 106 valence electrons. The van der Waals surface area contributed by atoms with Gasteiger partial charge in [0.05, 0.1) is 13.7 Å². The van der Waals surface area contributed by atoms with Gasteiger partial charge in [0.1, 0.15) is 5.54 Å². The molecule has 0 aliphatic heterocycles. The summed E-state index contributed by atoms with van der Waals surface area (Å²) in [5, 5.41) is 12.2. The second-order valence-corrected chi connectivity index (χ2v) is 4.42. The lowest BCUT2D eigenvalue weighted by Crippen LogP contribution is -2.50. The van der Waals surface area contributed by atoms with Gasteiger partial charge < -0.3 is 19.9 Å². The Balaban J connectivity index is 2.59. The third-order valence-electron chi connectivity index (χ3n) is 2.97. The van der Waals surface area contributed by atoms with Crippen molar-refractivity contribution in [1.82, 2.24) is 5.32 Å². The first-order valence-corrected chi connectivity index (χ1v) is 6.27. The van der Waals surface area contributed by atoms with Gasteiger partial charge in [0.25, 0.3) is 0 Å². The van der Waals surface area contributed by atoms with Gasteiger partial charge >= 0.3 is 5.97 Å². The number of aliphatic carboxylic acids is 1. The number of methoxy groups -OCH3 is 1. The molecule has 1 aromatic rings.